The second-order valence-corrected chi connectivity index (χ2v) is 11.5. The molecule has 1 N–H and O–H groups in total. The molecule has 6 heteroatoms. The predicted molar refractivity (Wildman–Crippen MR) is 130 cm³/mol. The van der Waals surface area contributed by atoms with Crippen LogP contribution in [-0.2, 0) is 23.8 Å². The van der Waals surface area contributed by atoms with Crippen molar-refractivity contribution in [3.63, 3.8) is 0 Å². The lowest BCUT2D eigenvalue weighted by Crippen LogP contribution is -2.37. The molecule has 0 spiro atoms. The minimum Gasteiger partial charge on any atom is -0.507 e. The Morgan fingerprint density at radius 2 is 1.61 bits per heavy atom. The number of aromatic hydroxyl groups is 1. The first kappa shape index (κ1) is 23.6. The lowest BCUT2D eigenvalue weighted by molar-refractivity contribution is 0.0734. The van der Waals surface area contributed by atoms with Crippen LogP contribution in [0.15, 0.2) is 22.8 Å². The van der Waals surface area contributed by atoms with Crippen molar-refractivity contribution in [2.75, 3.05) is 25.5 Å². The van der Waals surface area contributed by atoms with Crippen LogP contribution in [0.5, 0.6) is 5.75 Å². The van der Waals surface area contributed by atoms with Crippen LogP contribution in [-0.4, -0.2) is 41.5 Å². The smallest absolute Gasteiger partial charge is 0.254 e. The van der Waals surface area contributed by atoms with E-state index in [0.717, 1.165) is 33.4 Å². The maximum Gasteiger partial charge on any atom is 0.254 e. The van der Waals surface area contributed by atoms with Gasteiger partial charge < -0.3 is 14.9 Å². The van der Waals surface area contributed by atoms with Gasteiger partial charge in [0, 0.05) is 60.1 Å². The zero-order valence-corrected chi connectivity index (χ0v) is 21.5. The van der Waals surface area contributed by atoms with Gasteiger partial charge in [0.05, 0.1) is 0 Å². The predicted octanol–water partition coefficient (Wildman–Crippen LogP) is 5.41. The van der Waals surface area contributed by atoms with Crippen molar-refractivity contribution in [3.8, 4) is 5.75 Å². The molecule has 1 aliphatic rings. The van der Waals surface area contributed by atoms with Crippen LogP contribution in [0.4, 0.5) is 5.82 Å². The van der Waals surface area contributed by atoms with Gasteiger partial charge in [0.15, 0.2) is 0 Å². The molecule has 0 saturated carbocycles. The lowest BCUT2D eigenvalue weighted by atomic mass is 9.78. The highest BCUT2D eigenvalue weighted by molar-refractivity contribution is 9.10. The molecular formula is C25H34BrN3O2. The minimum absolute atomic E-state index is 0.00803. The summed E-state index contributed by atoms with van der Waals surface area (Å²) in [5.74, 6) is 1.18. The average molecular weight is 488 g/mol. The number of hydrogen-bond donors (Lipinski definition) is 1. The molecular weight excluding hydrogens is 454 g/mol. The van der Waals surface area contributed by atoms with Gasteiger partial charge in [-0.2, -0.15) is 0 Å². The summed E-state index contributed by atoms with van der Waals surface area (Å²) >= 11 is 3.63. The first-order valence-electron chi connectivity index (χ1n) is 10.7. The first-order valence-corrected chi connectivity index (χ1v) is 11.5. The first-order chi connectivity index (χ1) is 14.2. The summed E-state index contributed by atoms with van der Waals surface area (Å²) in [4.78, 5) is 22.1. The van der Waals surface area contributed by atoms with Crippen molar-refractivity contribution in [2.45, 2.75) is 65.3 Å². The highest BCUT2D eigenvalue weighted by atomic mass is 79.9. The molecule has 0 saturated heterocycles. The number of fused-ring (bicyclic) bond motifs is 1. The Bertz CT molecular complexity index is 982. The summed E-state index contributed by atoms with van der Waals surface area (Å²) in [6, 6.07) is 3.74. The molecule has 31 heavy (non-hydrogen) atoms. The number of nitrogens with zero attached hydrogens (tertiary/aromatic N) is 3. The van der Waals surface area contributed by atoms with Gasteiger partial charge in [0.2, 0.25) is 0 Å². The fourth-order valence-corrected chi connectivity index (χ4v) is 4.69. The monoisotopic (exact) mass is 487 g/mol. The van der Waals surface area contributed by atoms with Crippen molar-refractivity contribution in [3.05, 3.63) is 50.6 Å². The molecule has 1 aromatic carbocycles. The van der Waals surface area contributed by atoms with Crippen molar-refractivity contribution in [2.24, 2.45) is 0 Å². The van der Waals surface area contributed by atoms with Gasteiger partial charge in [0.1, 0.15) is 11.6 Å². The maximum atomic E-state index is 13.6. The topological polar surface area (TPSA) is 56.7 Å². The van der Waals surface area contributed by atoms with Gasteiger partial charge in [0.25, 0.3) is 5.91 Å². The van der Waals surface area contributed by atoms with Crippen LogP contribution in [0.3, 0.4) is 0 Å². The second-order valence-electron chi connectivity index (χ2n) is 10.7. The van der Waals surface area contributed by atoms with E-state index in [1.54, 1.807) is 0 Å². The Morgan fingerprint density at radius 3 is 2.10 bits per heavy atom. The Labute approximate surface area is 194 Å². The van der Waals surface area contributed by atoms with Crippen LogP contribution >= 0.6 is 15.9 Å². The van der Waals surface area contributed by atoms with E-state index >= 15 is 0 Å². The number of phenolic OH excluding ortho intramolecular Hbond substituents is 1. The molecule has 0 aliphatic carbocycles. The summed E-state index contributed by atoms with van der Waals surface area (Å²) in [6.45, 7) is 13.5. The zero-order valence-electron chi connectivity index (χ0n) is 19.9. The number of phenols is 1. The number of aromatic nitrogens is 1. The van der Waals surface area contributed by atoms with Crippen molar-refractivity contribution < 1.29 is 9.90 Å². The molecule has 0 bridgehead atoms. The van der Waals surface area contributed by atoms with E-state index in [4.69, 9.17) is 0 Å². The highest BCUT2D eigenvalue weighted by Crippen LogP contribution is 2.40. The molecule has 3 rings (SSSR count). The minimum atomic E-state index is -0.276. The van der Waals surface area contributed by atoms with Crippen molar-refractivity contribution in [1.82, 2.24) is 9.88 Å². The Balaban J connectivity index is 2.06. The number of pyridine rings is 1. The van der Waals surface area contributed by atoms with Crippen molar-refractivity contribution in [1.29, 1.82) is 0 Å². The number of carbonyl (C=O) groups is 1. The number of hydrogen-bond acceptors (Lipinski definition) is 4. The third-order valence-corrected chi connectivity index (χ3v) is 6.57. The molecule has 2 aromatic rings. The third kappa shape index (κ3) is 4.59. The largest absolute Gasteiger partial charge is 0.507 e. The van der Waals surface area contributed by atoms with E-state index in [0.29, 0.717) is 24.4 Å². The molecule has 1 aliphatic heterocycles. The fourth-order valence-electron chi connectivity index (χ4n) is 4.15. The standard InChI is InChI=1S/C25H34BrN3O2/c1-24(2,3)18-11-15(12-19(21(18)30)25(4,5)6)23(31)29-10-9-16-17(14-29)22(28(7)8)27-13-20(16)26/h11-13,30H,9-10,14H2,1-8H3. The summed E-state index contributed by atoms with van der Waals surface area (Å²) in [7, 11) is 3.95. The maximum absolute atomic E-state index is 13.6. The van der Waals surface area contributed by atoms with E-state index in [2.05, 4.69) is 62.5 Å². The fraction of sp³-hybridized carbons (Fsp3) is 0.520. The van der Waals surface area contributed by atoms with E-state index in [1.807, 2.05) is 42.2 Å². The lowest BCUT2D eigenvalue weighted by Gasteiger charge is -2.33. The molecule has 0 fully saturated rings. The molecule has 1 amide bonds. The number of benzene rings is 1. The summed E-state index contributed by atoms with van der Waals surface area (Å²) in [5, 5.41) is 11.0. The van der Waals surface area contributed by atoms with Crippen molar-refractivity contribution >= 4 is 27.7 Å². The molecule has 5 nitrogen and oxygen atoms in total. The number of halogens is 1. The SMILES string of the molecule is CN(C)c1ncc(Br)c2c1CN(C(=O)c1cc(C(C)(C)C)c(O)c(C(C)(C)C)c1)CC2. The summed E-state index contributed by atoms with van der Waals surface area (Å²) in [5.41, 5.74) is 4.00. The highest BCUT2D eigenvalue weighted by Gasteiger charge is 2.31. The number of amides is 1. The average Bonchev–Trinajstić information content (AvgIpc) is 2.65. The quantitative estimate of drug-likeness (QED) is 0.614. The summed E-state index contributed by atoms with van der Waals surface area (Å²) < 4.78 is 0.995. The Morgan fingerprint density at radius 1 is 1.06 bits per heavy atom. The molecule has 168 valence electrons. The number of rotatable bonds is 2. The van der Waals surface area contributed by atoms with Crippen LogP contribution in [0.2, 0.25) is 0 Å². The molecule has 2 heterocycles. The summed E-state index contributed by atoms with van der Waals surface area (Å²) in [6.07, 6.45) is 2.62. The van der Waals surface area contributed by atoms with Gasteiger partial charge in [-0.15, -0.1) is 0 Å². The third-order valence-electron chi connectivity index (χ3n) is 5.89. The van der Waals surface area contributed by atoms with Gasteiger partial charge in [-0.1, -0.05) is 41.5 Å². The van der Waals surface area contributed by atoms with Crippen LogP contribution in [0, 0.1) is 0 Å². The van der Waals surface area contributed by atoms with Crippen LogP contribution in [0.1, 0.15) is 74.2 Å². The molecule has 0 unspecified atom stereocenters. The molecule has 0 radical (unpaired) electrons. The van der Waals surface area contributed by atoms with Gasteiger partial charge in [-0.05, 0) is 50.9 Å². The number of anilines is 1. The van der Waals surface area contributed by atoms with E-state index in [1.165, 1.54) is 5.56 Å². The van der Waals surface area contributed by atoms with Gasteiger partial charge in [-0.3, -0.25) is 4.79 Å². The van der Waals surface area contributed by atoms with Crippen LogP contribution in [0.25, 0.3) is 0 Å². The number of carbonyl (C=O) groups excluding carboxylic acids is 1. The second kappa shape index (κ2) is 8.12. The normalized spacial score (nSPS) is 14.4. The van der Waals surface area contributed by atoms with E-state index in [-0.39, 0.29) is 16.7 Å². The van der Waals surface area contributed by atoms with Gasteiger partial charge >= 0.3 is 0 Å². The van der Waals surface area contributed by atoms with Gasteiger partial charge in [-0.25, -0.2) is 4.98 Å². The molecule has 1 aromatic heterocycles. The Kier molecular flexibility index (Phi) is 6.18. The van der Waals surface area contributed by atoms with E-state index in [9.17, 15) is 9.90 Å². The molecule has 0 atom stereocenters. The Hall–Kier alpha value is -2.08. The van der Waals surface area contributed by atoms with E-state index < -0.39 is 0 Å². The van der Waals surface area contributed by atoms with Crippen LogP contribution < -0.4 is 4.90 Å². The zero-order chi connectivity index (χ0) is 23.3.